The lowest BCUT2D eigenvalue weighted by Crippen LogP contribution is -2.11. The molecule has 0 radical (unpaired) electrons. The van der Waals surface area contributed by atoms with Gasteiger partial charge < -0.3 is 14.8 Å². The molecule has 20 heavy (non-hydrogen) atoms. The quantitative estimate of drug-likeness (QED) is 0.656. The van der Waals surface area contributed by atoms with Crippen LogP contribution >= 0.6 is 22.9 Å². The maximum absolute atomic E-state index is 11.4. The van der Waals surface area contributed by atoms with Gasteiger partial charge in [0.1, 0.15) is 12.4 Å². The van der Waals surface area contributed by atoms with E-state index in [2.05, 4.69) is 15.0 Å². The Labute approximate surface area is 125 Å². The number of halogens is 1. The van der Waals surface area contributed by atoms with Crippen molar-refractivity contribution >= 4 is 34.0 Å². The Bertz CT molecular complexity index is 574. The van der Waals surface area contributed by atoms with Crippen molar-refractivity contribution in [2.45, 2.75) is 0 Å². The van der Waals surface area contributed by atoms with Gasteiger partial charge >= 0.3 is 5.97 Å². The van der Waals surface area contributed by atoms with Crippen molar-refractivity contribution in [1.29, 1.82) is 0 Å². The van der Waals surface area contributed by atoms with Crippen molar-refractivity contribution in [3.63, 3.8) is 0 Å². The van der Waals surface area contributed by atoms with Crippen LogP contribution < -0.4 is 10.1 Å². The fraction of sp³-hybridized carbons (Fsp3) is 0.231. The summed E-state index contributed by atoms with van der Waals surface area (Å²) in [4.78, 5) is 15.7. The Morgan fingerprint density at radius 3 is 2.85 bits per heavy atom. The van der Waals surface area contributed by atoms with Crippen LogP contribution in [0.3, 0.4) is 0 Å². The molecule has 0 bridgehead atoms. The molecule has 0 unspecified atom stereocenters. The number of carbonyl (C=O) groups is 1. The second-order valence-corrected chi connectivity index (χ2v) is 5.08. The third kappa shape index (κ3) is 3.85. The zero-order chi connectivity index (χ0) is 14.4. The fourth-order valence-electron chi connectivity index (χ4n) is 1.44. The van der Waals surface area contributed by atoms with E-state index in [1.807, 2.05) is 30.3 Å². The first-order chi connectivity index (χ1) is 9.70. The number of carbonyl (C=O) groups excluding carboxylic acids is 1. The molecule has 1 aromatic carbocycles. The minimum atomic E-state index is -0.485. The molecule has 0 atom stereocenters. The third-order valence-corrected chi connectivity index (χ3v) is 3.73. The Hall–Kier alpha value is -1.79. The average molecular weight is 313 g/mol. The predicted octanol–water partition coefficient (Wildman–Crippen LogP) is 3.07. The molecule has 1 N–H and O–H groups in total. The SMILES string of the molecule is COC(=O)c1sc(NCCOc2ccccc2)nc1Cl. The lowest BCUT2D eigenvalue weighted by atomic mass is 10.3. The van der Waals surface area contributed by atoms with E-state index >= 15 is 0 Å². The number of hydrogen-bond donors (Lipinski definition) is 1. The monoisotopic (exact) mass is 312 g/mol. The number of benzene rings is 1. The largest absolute Gasteiger partial charge is 0.492 e. The molecule has 5 nitrogen and oxygen atoms in total. The van der Waals surface area contributed by atoms with Gasteiger partial charge in [0.05, 0.1) is 13.7 Å². The fourth-order valence-corrected chi connectivity index (χ4v) is 2.57. The van der Waals surface area contributed by atoms with Crippen molar-refractivity contribution in [3.8, 4) is 5.75 Å². The molecule has 2 aromatic rings. The molecule has 106 valence electrons. The maximum Gasteiger partial charge on any atom is 0.351 e. The van der Waals surface area contributed by atoms with Crippen molar-refractivity contribution in [2.75, 3.05) is 25.6 Å². The number of thiazole rings is 1. The molecule has 0 aliphatic rings. The van der Waals surface area contributed by atoms with Gasteiger partial charge in [0.15, 0.2) is 15.2 Å². The summed E-state index contributed by atoms with van der Waals surface area (Å²) >= 11 is 7.01. The van der Waals surface area contributed by atoms with Crippen LogP contribution in [0, 0.1) is 0 Å². The topological polar surface area (TPSA) is 60.5 Å². The van der Waals surface area contributed by atoms with E-state index in [-0.39, 0.29) is 5.15 Å². The predicted molar refractivity (Wildman–Crippen MR) is 78.9 cm³/mol. The summed E-state index contributed by atoms with van der Waals surface area (Å²) in [6.45, 7) is 1.04. The first kappa shape index (κ1) is 14.6. The minimum Gasteiger partial charge on any atom is -0.492 e. The number of methoxy groups -OCH3 is 1. The van der Waals surface area contributed by atoms with Gasteiger partial charge in [-0.15, -0.1) is 0 Å². The summed E-state index contributed by atoms with van der Waals surface area (Å²) in [7, 11) is 1.30. The molecule has 7 heteroatoms. The number of esters is 1. The highest BCUT2D eigenvalue weighted by molar-refractivity contribution is 7.18. The number of nitrogens with zero attached hydrogens (tertiary/aromatic N) is 1. The van der Waals surface area contributed by atoms with Crippen LogP contribution in [0.15, 0.2) is 30.3 Å². The summed E-state index contributed by atoms with van der Waals surface area (Å²) in [5, 5.41) is 3.75. The van der Waals surface area contributed by atoms with E-state index in [9.17, 15) is 4.79 Å². The number of rotatable bonds is 6. The number of para-hydroxylation sites is 1. The Morgan fingerprint density at radius 1 is 1.40 bits per heavy atom. The third-order valence-electron chi connectivity index (χ3n) is 2.35. The Morgan fingerprint density at radius 2 is 2.15 bits per heavy atom. The van der Waals surface area contributed by atoms with E-state index < -0.39 is 5.97 Å². The van der Waals surface area contributed by atoms with Gasteiger partial charge in [0, 0.05) is 0 Å². The smallest absolute Gasteiger partial charge is 0.351 e. The molecule has 2 rings (SSSR count). The number of anilines is 1. The van der Waals surface area contributed by atoms with Gasteiger partial charge in [-0.3, -0.25) is 0 Å². The average Bonchev–Trinajstić information content (AvgIpc) is 2.85. The van der Waals surface area contributed by atoms with Crippen LogP contribution in [0.4, 0.5) is 5.13 Å². The van der Waals surface area contributed by atoms with Gasteiger partial charge in [0.2, 0.25) is 0 Å². The Balaban J connectivity index is 1.81. The molecule has 0 aliphatic heterocycles. The second kappa shape index (κ2) is 7.12. The van der Waals surface area contributed by atoms with Crippen LogP contribution in [0.25, 0.3) is 0 Å². The van der Waals surface area contributed by atoms with Crippen LogP contribution in [0.2, 0.25) is 5.15 Å². The highest BCUT2D eigenvalue weighted by Crippen LogP contribution is 2.27. The van der Waals surface area contributed by atoms with Gasteiger partial charge in [-0.1, -0.05) is 41.1 Å². The Kier molecular flexibility index (Phi) is 5.20. The van der Waals surface area contributed by atoms with Crippen molar-refractivity contribution in [1.82, 2.24) is 4.98 Å². The van der Waals surface area contributed by atoms with Crippen molar-refractivity contribution in [3.05, 3.63) is 40.4 Å². The highest BCUT2D eigenvalue weighted by atomic mass is 35.5. The van der Waals surface area contributed by atoms with Gasteiger partial charge in [-0.25, -0.2) is 9.78 Å². The molecular formula is C13H13ClN2O3S. The van der Waals surface area contributed by atoms with E-state index in [1.165, 1.54) is 7.11 Å². The van der Waals surface area contributed by atoms with Gasteiger partial charge in [-0.2, -0.15) is 0 Å². The van der Waals surface area contributed by atoms with Crippen molar-refractivity contribution in [2.24, 2.45) is 0 Å². The molecular weight excluding hydrogens is 300 g/mol. The molecule has 0 spiro atoms. The lowest BCUT2D eigenvalue weighted by molar-refractivity contribution is 0.0606. The normalized spacial score (nSPS) is 10.1. The highest BCUT2D eigenvalue weighted by Gasteiger charge is 2.16. The molecule has 0 aliphatic carbocycles. The van der Waals surface area contributed by atoms with Crippen molar-refractivity contribution < 1.29 is 14.3 Å². The summed E-state index contributed by atoms with van der Waals surface area (Å²) in [6.07, 6.45) is 0. The molecule has 0 amide bonds. The summed E-state index contributed by atoms with van der Waals surface area (Å²) in [5.41, 5.74) is 0. The summed E-state index contributed by atoms with van der Waals surface area (Å²) < 4.78 is 10.1. The number of nitrogens with one attached hydrogen (secondary N) is 1. The zero-order valence-corrected chi connectivity index (χ0v) is 12.3. The van der Waals surface area contributed by atoms with E-state index in [4.69, 9.17) is 16.3 Å². The second-order valence-electron chi connectivity index (χ2n) is 3.72. The number of aromatic nitrogens is 1. The van der Waals surface area contributed by atoms with Gasteiger partial charge in [0.25, 0.3) is 0 Å². The molecule has 0 saturated carbocycles. The first-order valence-corrected chi connectivity index (χ1v) is 7.06. The molecule has 0 fully saturated rings. The number of ether oxygens (including phenoxy) is 2. The first-order valence-electron chi connectivity index (χ1n) is 5.87. The summed E-state index contributed by atoms with van der Waals surface area (Å²) in [6, 6.07) is 9.51. The van der Waals surface area contributed by atoms with Crippen LogP contribution in [-0.4, -0.2) is 31.2 Å². The number of hydrogen-bond acceptors (Lipinski definition) is 6. The lowest BCUT2D eigenvalue weighted by Gasteiger charge is -2.05. The standard InChI is InChI=1S/C13H13ClN2O3S/c1-18-12(17)10-11(14)16-13(20-10)15-7-8-19-9-5-3-2-4-6-9/h2-6H,7-8H2,1H3,(H,15,16). The van der Waals surface area contributed by atoms with Crippen LogP contribution in [0.5, 0.6) is 5.75 Å². The molecule has 0 saturated heterocycles. The van der Waals surface area contributed by atoms with E-state index in [0.717, 1.165) is 17.1 Å². The van der Waals surface area contributed by atoms with E-state index in [0.29, 0.717) is 23.2 Å². The molecule has 1 aromatic heterocycles. The van der Waals surface area contributed by atoms with Crippen LogP contribution in [0.1, 0.15) is 9.67 Å². The maximum atomic E-state index is 11.4. The van der Waals surface area contributed by atoms with Gasteiger partial charge in [-0.05, 0) is 12.1 Å². The van der Waals surface area contributed by atoms with Crippen LogP contribution in [-0.2, 0) is 4.74 Å². The molecule has 1 heterocycles. The summed E-state index contributed by atoms with van der Waals surface area (Å²) in [5.74, 6) is 0.322. The van der Waals surface area contributed by atoms with E-state index in [1.54, 1.807) is 0 Å². The minimum absolute atomic E-state index is 0.147. The zero-order valence-electron chi connectivity index (χ0n) is 10.8.